The fraction of sp³-hybridized carbons (Fsp3) is 0.611. The molecule has 0 aliphatic carbocycles. The molecule has 0 saturated carbocycles. The van der Waals surface area contributed by atoms with Crippen LogP contribution in [0.5, 0.6) is 0 Å². The zero-order chi connectivity index (χ0) is 16.1. The number of rotatable bonds is 7. The van der Waals surface area contributed by atoms with Gasteiger partial charge in [0.1, 0.15) is 6.29 Å². The molecule has 118 valence electrons. The molecular formula is C18H30O2Si. The smallest absolute Gasteiger partial charge is 0.192 e. The maximum atomic E-state index is 11.2. The van der Waals surface area contributed by atoms with E-state index < -0.39 is 8.32 Å². The highest BCUT2D eigenvalue weighted by molar-refractivity contribution is 6.74. The highest BCUT2D eigenvalue weighted by Gasteiger charge is 2.39. The lowest BCUT2D eigenvalue weighted by molar-refractivity contribution is -0.113. The minimum Gasteiger partial charge on any atom is -0.413 e. The van der Waals surface area contributed by atoms with Crippen molar-refractivity contribution in [2.24, 2.45) is 5.92 Å². The van der Waals surface area contributed by atoms with Crippen LogP contribution >= 0.6 is 0 Å². The quantitative estimate of drug-likeness (QED) is 0.532. The zero-order valence-electron chi connectivity index (χ0n) is 14.3. The summed E-state index contributed by atoms with van der Waals surface area (Å²) in [7, 11) is -1.84. The van der Waals surface area contributed by atoms with Crippen LogP contribution in [0.2, 0.25) is 18.1 Å². The average Bonchev–Trinajstić information content (AvgIpc) is 2.42. The molecule has 0 aliphatic heterocycles. The number of benzene rings is 1. The summed E-state index contributed by atoms with van der Waals surface area (Å²) in [6.07, 6.45) is 2.90. The maximum Gasteiger partial charge on any atom is 0.192 e. The summed E-state index contributed by atoms with van der Waals surface area (Å²) >= 11 is 0. The van der Waals surface area contributed by atoms with Crippen LogP contribution in [0.25, 0.3) is 0 Å². The predicted molar refractivity (Wildman–Crippen MR) is 92.1 cm³/mol. The molecule has 3 heteroatoms. The van der Waals surface area contributed by atoms with Crippen LogP contribution < -0.4 is 0 Å². The molecule has 0 heterocycles. The van der Waals surface area contributed by atoms with Crippen molar-refractivity contribution in [3.63, 3.8) is 0 Å². The van der Waals surface area contributed by atoms with Crippen molar-refractivity contribution in [2.45, 2.75) is 64.8 Å². The Kier molecular flexibility index (Phi) is 6.35. The molecule has 0 bridgehead atoms. The molecule has 1 aromatic rings. The molecule has 0 aliphatic rings. The Labute approximate surface area is 131 Å². The van der Waals surface area contributed by atoms with E-state index >= 15 is 0 Å². The van der Waals surface area contributed by atoms with Gasteiger partial charge in [0.05, 0.1) is 6.10 Å². The van der Waals surface area contributed by atoms with Crippen LogP contribution in [0.15, 0.2) is 30.3 Å². The van der Waals surface area contributed by atoms with Gasteiger partial charge in [-0.25, -0.2) is 0 Å². The van der Waals surface area contributed by atoms with Crippen LogP contribution in [0.3, 0.4) is 0 Å². The number of aryl methyl sites for hydroxylation is 1. The van der Waals surface area contributed by atoms with Crippen molar-refractivity contribution in [1.29, 1.82) is 0 Å². The van der Waals surface area contributed by atoms with Gasteiger partial charge in [0.15, 0.2) is 8.32 Å². The number of hydrogen-bond donors (Lipinski definition) is 0. The Morgan fingerprint density at radius 1 is 1.19 bits per heavy atom. The van der Waals surface area contributed by atoms with Gasteiger partial charge in [-0.05, 0) is 36.5 Å². The van der Waals surface area contributed by atoms with E-state index in [1.807, 2.05) is 13.0 Å². The summed E-state index contributed by atoms with van der Waals surface area (Å²) in [6.45, 7) is 13.2. The second kappa shape index (κ2) is 7.37. The van der Waals surface area contributed by atoms with Gasteiger partial charge in [-0.3, -0.25) is 0 Å². The van der Waals surface area contributed by atoms with E-state index in [0.29, 0.717) is 0 Å². The minimum absolute atomic E-state index is 0.0172. The first-order valence-corrected chi connectivity index (χ1v) is 10.8. The molecule has 0 spiro atoms. The molecule has 0 saturated heterocycles. The van der Waals surface area contributed by atoms with E-state index in [-0.39, 0.29) is 17.1 Å². The van der Waals surface area contributed by atoms with Crippen molar-refractivity contribution in [3.05, 3.63) is 35.9 Å². The van der Waals surface area contributed by atoms with Crippen LogP contribution in [-0.2, 0) is 15.6 Å². The molecule has 0 amide bonds. The Hall–Kier alpha value is -0.933. The second-order valence-electron chi connectivity index (χ2n) is 7.44. The van der Waals surface area contributed by atoms with Gasteiger partial charge in [-0.2, -0.15) is 0 Å². The molecule has 0 N–H and O–H groups in total. The monoisotopic (exact) mass is 306 g/mol. The highest BCUT2D eigenvalue weighted by atomic mass is 28.4. The first-order valence-electron chi connectivity index (χ1n) is 7.84. The van der Waals surface area contributed by atoms with E-state index in [1.54, 1.807) is 0 Å². The normalized spacial score (nSPS) is 15.5. The Morgan fingerprint density at radius 2 is 1.76 bits per heavy atom. The standard InChI is InChI=1S/C18H30O2Si/c1-15(14-19)17(20-21(5,6)18(2,3)4)13-12-16-10-8-7-9-11-16/h7-11,14-15,17H,12-13H2,1-6H3/t15-,17-/m0/s1. The van der Waals surface area contributed by atoms with Gasteiger partial charge in [0.25, 0.3) is 0 Å². The second-order valence-corrected chi connectivity index (χ2v) is 12.2. The maximum absolute atomic E-state index is 11.2. The summed E-state index contributed by atoms with van der Waals surface area (Å²) in [5.41, 5.74) is 1.31. The van der Waals surface area contributed by atoms with E-state index in [9.17, 15) is 4.79 Å². The van der Waals surface area contributed by atoms with Crippen molar-refractivity contribution in [3.8, 4) is 0 Å². The van der Waals surface area contributed by atoms with Gasteiger partial charge in [-0.15, -0.1) is 0 Å². The third-order valence-electron chi connectivity index (χ3n) is 4.61. The molecule has 0 unspecified atom stereocenters. The van der Waals surface area contributed by atoms with Crippen molar-refractivity contribution >= 4 is 14.6 Å². The predicted octanol–water partition coefficient (Wildman–Crippen LogP) is 4.84. The Balaban J connectivity index is 2.75. The van der Waals surface area contributed by atoms with Gasteiger partial charge in [0, 0.05) is 5.92 Å². The summed E-state index contributed by atoms with van der Waals surface area (Å²) < 4.78 is 6.48. The van der Waals surface area contributed by atoms with Crippen LogP contribution in [0, 0.1) is 5.92 Å². The zero-order valence-corrected chi connectivity index (χ0v) is 15.3. The van der Waals surface area contributed by atoms with Crippen LogP contribution in [-0.4, -0.2) is 20.7 Å². The largest absolute Gasteiger partial charge is 0.413 e. The van der Waals surface area contributed by atoms with E-state index in [1.165, 1.54) is 5.56 Å². The lowest BCUT2D eigenvalue weighted by Gasteiger charge is -2.40. The molecule has 1 aromatic carbocycles. The van der Waals surface area contributed by atoms with Crippen molar-refractivity contribution in [1.82, 2.24) is 0 Å². The third kappa shape index (κ3) is 5.40. The van der Waals surface area contributed by atoms with E-state index in [0.717, 1.165) is 19.1 Å². The molecule has 2 nitrogen and oxygen atoms in total. The summed E-state index contributed by atoms with van der Waals surface area (Å²) in [6, 6.07) is 10.4. The summed E-state index contributed by atoms with van der Waals surface area (Å²) in [4.78, 5) is 11.2. The van der Waals surface area contributed by atoms with Crippen molar-refractivity contribution in [2.75, 3.05) is 0 Å². The van der Waals surface area contributed by atoms with Gasteiger partial charge in [0.2, 0.25) is 0 Å². The number of aldehydes is 1. The Bertz CT molecular complexity index is 434. The van der Waals surface area contributed by atoms with Crippen LogP contribution in [0.1, 0.15) is 39.7 Å². The molecule has 21 heavy (non-hydrogen) atoms. The lowest BCUT2D eigenvalue weighted by Crippen LogP contribution is -2.45. The summed E-state index contributed by atoms with van der Waals surface area (Å²) in [5.74, 6) is -0.0529. The minimum atomic E-state index is -1.84. The third-order valence-corrected chi connectivity index (χ3v) is 9.12. The van der Waals surface area contributed by atoms with Gasteiger partial charge < -0.3 is 9.22 Å². The molecule has 2 atom stereocenters. The Morgan fingerprint density at radius 3 is 2.24 bits per heavy atom. The van der Waals surface area contributed by atoms with Crippen molar-refractivity contribution < 1.29 is 9.22 Å². The number of carbonyl (C=O) groups excluding carboxylic acids is 1. The molecule has 0 radical (unpaired) electrons. The molecular weight excluding hydrogens is 276 g/mol. The van der Waals surface area contributed by atoms with E-state index in [4.69, 9.17) is 4.43 Å². The van der Waals surface area contributed by atoms with Gasteiger partial charge in [-0.1, -0.05) is 58.0 Å². The fourth-order valence-electron chi connectivity index (χ4n) is 2.03. The lowest BCUT2D eigenvalue weighted by atomic mass is 9.99. The molecule has 0 fully saturated rings. The summed E-state index contributed by atoms with van der Waals surface area (Å²) in [5, 5.41) is 0.167. The molecule has 1 rings (SSSR count). The fourth-order valence-corrected chi connectivity index (χ4v) is 3.47. The SMILES string of the molecule is C[C@@H](C=O)[C@H](CCc1ccccc1)O[Si](C)(C)C(C)(C)C. The first-order chi connectivity index (χ1) is 9.67. The highest BCUT2D eigenvalue weighted by Crippen LogP contribution is 2.38. The topological polar surface area (TPSA) is 26.3 Å². The van der Waals surface area contributed by atoms with E-state index in [2.05, 4.69) is 58.1 Å². The average molecular weight is 307 g/mol. The van der Waals surface area contributed by atoms with Crippen LogP contribution in [0.4, 0.5) is 0 Å². The number of hydrogen-bond acceptors (Lipinski definition) is 2. The molecule has 0 aromatic heterocycles. The number of carbonyl (C=O) groups is 1. The van der Waals surface area contributed by atoms with Gasteiger partial charge >= 0.3 is 0 Å². The first kappa shape index (κ1) is 18.1.